The Balaban J connectivity index is 1.39. The molecule has 9 nitrogen and oxygen atoms in total. The third kappa shape index (κ3) is 5.03. The Hall–Kier alpha value is -3.88. The number of aromatic amines is 1. The van der Waals surface area contributed by atoms with Gasteiger partial charge in [0, 0.05) is 49.0 Å². The summed E-state index contributed by atoms with van der Waals surface area (Å²) in [6, 6.07) is 12.2. The van der Waals surface area contributed by atoms with Crippen LogP contribution in [0.25, 0.3) is 11.0 Å². The lowest BCUT2D eigenvalue weighted by Gasteiger charge is -2.19. The lowest BCUT2D eigenvalue weighted by Crippen LogP contribution is -2.37. The van der Waals surface area contributed by atoms with Gasteiger partial charge in [-0.15, -0.1) is 0 Å². The summed E-state index contributed by atoms with van der Waals surface area (Å²) in [5.74, 6) is -0.561. The zero-order valence-corrected chi connectivity index (χ0v) is 19.4. The van der Waals surface area contributed by atoms with Gasteiger partial charge in [0.25, 0.3) is 5.91 Å². The molecule has 0 bridgehead atoms. The largest absolute Gasteiger partial charge is 0.371 e. The van der Waals surface area contributed by atoms with E-state index in [2.05, 4.69) is 20.5 Å². The van der Waals surface area contributed by atoms with E-state index in [0.717, 1.165) is 24.5 Å². The standard InChI is InChI=1S/C25H29N5O4/c1-3-30-21-10-9-17(14-20(21)28-24(33)25(30)34)23(32)26-16(2)13-22(31)27-18-7-6-8-19(15-18)29-11-4-5-12-29/h6-10,14-16H,3-5,11-13H2,1-2H3,(H,26,32)(H,27,31)(H,28,33). The number of carbonyl (C=O) groups excluding carboxylic acids is 2. The molecule has 1 fully saturated rings. The van der Waals surface area contributed by atoms with Crippen LogP contribution in [0.3, 0.4) is 0 Å². The van der Waals surface area contributed by atoms with Crippen LogP contribution in [0.2, 0.25) is 0 Å². The van der Waals surface area contributed by atoms with Gasteiger partial charge in [0.15, 0.2) is 0 Å². The van der Waals surface area contributed by atoms with Gasteiger partial charge in [0.05, 0.1) is 11.0 Å². The number of nitrogens with zero attached hydrogens (tertiary/aromatic N) is 2. The average Bonchev–Trinajstić information content (AvgIpc) is 3.35. The highest BCUT2D eigenvalue weighted by atomic mass is 16.2. The highest BCUT2D eigenvalue weighted by Crippen LogP contribution is 2.23. The second kappa shape index (κ2) is 9.94. The summed E-state index contributed by atoms with van der Waals surface area (Å²) in [4.78, 5) is 54.0. The highest BCUT2D eigenvalue weighted by molar-refractivity contribution is 5.98. The molecule has 3 N–H and O–H groups in total. The molecule has 1 aliphatic rings. The SMILES string of the molecule is CCn1c(=O)c(=O)[nH]c2cc(C(=O)NC(C)CC(=O)Nc3cccc(N4CCCC4)c3)ccc21. The second-order valence-corrected chi connectivity index (χ2v) is 8.61. The Kier molecular flexibility index (Phi) is 6.81. The van der Waals surface area contributed by atoms with E-state index in [1.165, 1.54) is 23.5 Å². The zero-order chi connectivity index (χ0) is 24.2. The third-order valence-electron chi connectivity index (χ3n) is 6.02. The number of hydrogen-bond donors (Lipinski definition) is 3. The van der Waals surface area contributed by atoms with Gasteiger partial charge in [-0.1, -0.05) is 6.07 Å². The maximum absolute atomic E-state index is 12.7. The van der Waals surface area contributed by atoms with Crippen molar-refractivity contribution in [2.75, 3.05) is 23.3 Å². The molecule has 0 aliphatic carbocycles. The average molecular weight is 464 g/mol. The maximum Gasteiger partial charge on any atom is 0.316 e. The fraction of sp³-hybridized carbons (Fsp3) is 0.360. The summed E-state index contributed by atoms with van der Waals surface area (Å²) >= 11 is 0. The number of nitrogens with one attached hydrogen (secondary N) is 3. The molecule has 1 aromatic heterocycles. The summed E-state index contributed by atoms with van der Waals surface area (Å²) in [5.41, 5.74) is 1.75. The first-order chi connectivity index (χ1) is 16.4. The predicted molar refractivity (Wildman–Crippen MR) is 133 cm³/mol. The van der Waals surface area contributed by atoms with E-state index >= 15 is 0 Å². The van der Waals surface area contributed by atoms with Gasteiger partial charge in [-0.3, -0.25) is 19.2 Å². The molecule has 1 saturated heterocycles. The fourth-order valence-corrected chi connectivity index (χ4v) is 4.34. The molecule has 3 aromatic rings. The third-order valence-corrected chi connectivity index (χ3v) is 6.02. The molecule has 0 radical (unpaired) electrons. The molecule has 9 heteroatoms. The number of hydrogen-bond acceptors (Lipinski definition) is 5. The van der Waals surface area contributed by atoms with Crippen LogP contribution in [0.15, 0.2) is 52.1 Å². The van der Waals surface area contributed by atoms with Crippen LogP contribution in [0, 0.1) is 0 Å². The lowest BCUT2D eigenvalue weighted by molar-refractivity contribution is -0.116. The number of rotatable bonds is 7. The van der Waals surface area contributed by atoms with Gasteiger partial charge >= 0.3 is 11.1 Å². The molecule has 2 heterocycles. The van der Waals surface area contributed by atoms with Gasteiger partial charge in [-0.25, -0.2) is 0 Å². The smallest absolute Gasteiger partial charge is 0.316 e. The molecule has 2 amide bonds. The number of amides is 2. The topological polar surface area (TPSA) is 116 Å². The Morgan fingerprint density at radius 3 is 2.59 bits per heavy atom. The predicted octanol–water partition coefficient (Wildman–Crippen LogP) is 2.46. The van der Waals surface area contributed by atoms with Crippen LogP contribution >= 0.6 is 0 Å². The van der Waals surface area contributed by atoms with Crippen LogP contribution in [0.4, 0.5) is 11.4 Å². The van der Waals surface area contributed by atoms with E-state index in [0.29, 0.717) is 23.1 Å². The second-order valence-electron chi connectivity index (χ2n) is 8.61. The van der Waals surface area contributed by atoms with Crippen molar-refractivity contribution in [1.29, 1.82) is 0 Å². The molecular weight excluding hydrogens is 434 g/mol. The van der Waals surface area contributed by atoms with E-state index in [4.69, 9.17) is 0 Å². The molecule has 2 aromatic carbocycles. The van der Waals surface area contributed by atoms with E-state index in [-0.39, 0.29) is 18.2 Å². The van der Waals surface area contributed by atoms with Crippen molar-refractivity contribution in [2.24, 2.45) is 0 Å². The molecule has 34 heavy (non-hydrogen) atoms. The molecule has 4 rings (SSSR count). The molecule has 0 spiro atoms. The first-order valence-electron chi connectivity index (χ1n) is 11.6. The molecule has 1 aliphatic heterocycles. The Bertz CT molecular complexity index is 1340. The van der Waals surface area contributed by atoms with Crippen molar-refractivity contribution in [2.45, 2.75) is 45.7 Å². The monoisotopic (exact) mass is 463 g/mol. The van der Waals surface area contributed by atoms with Gasteiger partial charge in [0.2, 0.25) is 5.91 Å². The maximum atomic E-state index is 12.7. The first kappa shape index (κ1) is 23.3. The minimum absolute atomic E-state index is 0.111. The number of fused-ring (bicyclic) bond motifs is 1. The van der Waals surface area contributed by atoms with Gasteiger partial charge in [0.1, 0.15) is 0 Å². The molecule has 178 valence electrons. The minimum atomic E-state index is -0.731. The van der Waals surface area contributed by atoms with E-state index in [1.54, 1.807) is 26.0 Å². The zero-order valence-electron chi connectivity index (χ0n) is 19.4. The first-order valence-corrected chi connectivity index (χ1v) is 11.6. The van der Waals surface area contributed by atoms with E-state index < -0.39 is 17.2 Å². The van der Waals surface area contributed by atoms with E-state index in [9.17, 15) is 19.2 Å². The normalized spacial score (nSPS) is 14.2. The summed E-state index contributed by atoms with van der Waals surface area (Å²) in [6.07, 6.45) is 2.47. The molecule has 1 atom stereocenters. The number of benzene rings is 2. The van der Waals surface area contributed by atoms with Gasteiger partial charge in [-0.05, 0) is 63.1 Å². The molecule has 1 unspecified atom stereocenters. The Morgan fingerprint density at radius 1 is 1.09 bits per heavy atom. The van der Waals surface area contributed by atoms with Crippen molar-refractivity contribution < 1.29 is 9.59 Å². The van der Waals surface area contributed by atoms with Gasteiger partial charge in [-0.2, -0.15) is 0 Å². The number of aryl methyl sites for hydroxylation is 1. The van der Waals surface area contributed by atoms with Crippen LogP contribution in [0.5, 0.6) is 0 Å². The molecule has 0 saturated carbocycles. The highest BCUT2D eigenvalue weighted by Gasteiger charge is 2.16. The number of carbonyl (C=O) groups is 2. The summed E-state index contributed by atoms with van der Waals surface area (Å²) in [7, 11) is 0. The summed E-state index contributed by atoms with van der Waals surface area (Å²) in [5, 5.41) is 5.73. The molecular formula is C25H29N5O4. The van der Waals surface area contributed by atoms with Crippen molar-refractivity contribution in [3.8, 4) is 0 Å². The van der Waals surface area contributed by atoms with Gasteiger partial charge < -0.3 is 25.1 Å². The summed E-state index contributed by atoms with van der Waals surface area (Å²) in [6.45, 7) is 5.93. The number of aromatic nitrogens is 2. The minimum Gasteiger partial charge on any atom is -0.371 e. The Labute approximate surface area is 196 Å². The summed E-state index contributed by atoms with van der Waals surface area (Å²) < 4.78 is 1.36. The van der Waals surface area contributed by atoms with Crippen LogP contribution in [-0.2, 0) is 11.3 Å². The van der Waals surface area contributed by atoms with Crippen molar-refractivity contribution in [3.05, 3.63) is 68.7 Å². The van der Waals surface area contributed by atoms with Crippen molar-refractivity contribution in [3.63, 3.8) is 0 Å². The Morgan fingerprint density at radius 2 is 1.85 bits per heavy atom. The fourth-order valence-electron chi connectivity index (χ4n) is 4.34. The van der Waals surface area contributed by atoms with E-state index in [1.807, 2.05) is 24.3 Å². The number of anilines is 2. The van der Waals surface area contributed by atoms with Crippen molar-refractivity contribution >= 4 is 34.2 Å². The van der Waals surface area contributed by atoms with Crippen LogP contribution in [0.1, 0.15) is 43.5 Å². The number of H-pyrrole nitrogens is 1. The van der Waals surface area contributed by atoms with Crippen molar-refractivity contribution in [1.82, 2.24) is 14.9 Å². The van der Waals surface area contributed by atoms with Crippen LogP contribution < -0.4 is 26.7 Å². The lowest BCUT2D eigenvalue weighted by atomic mass is 10.1. The quantitative estimate of drug-likeness (QED) is 0.466. The van der Waals surface area contributed by atoms with Crippen LogP contribution in [-0.4, -0.2) is 40.5 Å².